The maximum Gasteiger partial charge on any atom is 0.321 e. The second-order valence-corrected chi connectivity index (χ2v) is 7.31. The van der Waals surface area contributed by atoms with Crippen LogP contribution in [0.3, 0.4) is 0 Å². The first-order valence-corrected chi connectivity index (χ1v) is 10.6. The quantitative estimate of drug-likeness (QED) is 0.198. The predicted octanol–water partition coefficient (Wildman–Crippen LogP) is 4.36. The van der Waals surface area contributed by atoms with E-state index >= 15 is 0 Å². The Morgan fingerprint density at radius 2 is 1.88 bits per heavy atom. The Hall–Kier alpha value is -2.75. The Bertz CT molecular complexity index is 913. The van der Waals surface area contributed by atoms with Crippen LogP contribution >= 0.6 is 24.0 Å². The molecule has 0 spiro atoms. The minimum absolute atomic E-state index is 0. The number of ether oxygens (including phenoxy) is 1. The van der Waals surface area contributed by atoms with Gasteiger partial charge in [-0.1, -0.05) is 43.0 Å². The molecule has 0 radical (unpaired) electrons. The number of benzene rings is 2. The SMILES string of the molecule is C=CCOc1ccccc1CNC(=NC)NCc1cccc(NC(=O)N2CCCC2)c1.I. The van der Waals surface area contributed by atoms with Crippen molar-refractivity contribution in [3.63, 3.8) is 0 Å². The Labute approximate surface area is 207 Å². The first kappa shape index (κ1) is 25.5. The highest BCUT2D eigenvalue weighted by Crippen LogP contribution is 2.18. The van der Waals surface area contributed by atoms with Crippen molar-refractivity contribution in [2.75, 3.05) is 32.1 Å². The van der Waals surface area contributed by atoms with Gasteiger partial charge in [0.15, 0.2) is 5.96 Å². The molecule has 0 bridgehead atoms. The number of likely N-dealkylation sites (tertiary alicyclic amines) is 1. The number of para-hydroxylation sites is 1. The molecule has 2 aromatic carbocycles. The van der Waals surface area contributed by atoms with Crippen molar-refractivity contribution in [3.8, 4) is 5.75 Å². The number of aliphatic imine (C=N–C) groups is 1. The van der Waals surface area contributed by atoms with Crippen LogP contribution in [0.1, 0.15) is 24.0 Å². The maximum absolute atomic E-state index is 12.3. The van der Waals surface area contributed by atoms with Crippen molar-refractivity contribution in [2.45, 2.75) is 25.9 Å². The number of hydrogen-bond acceptors (Lipinski definition) is 3. The number of rotatable bonds is 8. The lowest BCUT2D eigenvalue weighted by Gasteiger charge is -2.17. The number of amides is 2. The molecule has 2 aromatic rings. The van der Waals surface area contributed by atoms with Crippen molar-refractivity contribution >= 4 is 41.7 Å². The van der Waals surface area contributed by atoms with Gasteiger partial charge in [-0.2, -0.15) is 0 Å². The Balaban J connectivity index is 0.00000363. The molecule has 0 aromatic heterocycles. The third-order valence-corrected chi connectivity index (χ3v) is 5.03. The summed E-state index contributed by atoms with van der Waals surface area (Å²) in [6.45, 7) is 6.99. The number of nitrogens with one attached hydrogen (secondary N) is 3. The van der Waals surface area contributed by atoms with Gasteiger partial charge in [-0.15, -0.1) is 24.0 Å². The zero-order chi connectivity index (χ0) is 21.9. The summed E-state index contributed by atoms with van der Waals surface area (Å²) in [7, 11) is 1.74. The summed E-state index contributed by atoms with van der Waals surface area (Å²) in [5.74, 6) is 1.51. The molecule has 1 aliphatic rings. The van der Waals surface area contributed by atoms with E-state index in [1.54, 1.807) is 13.1 Å². The fourth-order valence-corrected chi connectivity index (χ4v) is 3.41. The fourth-order valence-electron chi connectivity index (χ4n) is 3.41. The zero-order valence-corrected chi connectivity index (χ0v) is 20.8. The first-order chi connectivity index (χ1) is 15.2. The average Bonchev–Trinajstić information content (AvgIpc) is 3.34. The van der Waals surface area contributed by atoms with Crippen molar-refractivity contribution in [1.82, 2.24) is 15.5 Å². The van der Waals surface area contributed by atoms with Crippen LogP contribution in [-0.2, 0) is 13.1 Å². The molecule has 0 aliphatic carbocycles. The summed E-state index contributed by atoms with van der Waals surface area (Å²) < 4.78 is 5.71. The second kappa shape index (κ2) is 13.6. The van der Waals surface area contributed by atoms with Gasteiger partial charge in [-0.3, -0.25) is 4.99 Å². The molecule has 1 aliphatic heterocycles. The van der Waals surface area contributed by atoms with E-state index in [1.165, 1.54) is 0 Å². The molecule has 8 heteroatoms. The third-order valence-electron chi connectivity index (χ3n) is 5.03. The van der Waals surface area contributed by atoms with Gasteiger partial charge < -0.3 is 25.6 Å². The molecule has 7 nitrogen and oxygen atoms in total. The number of hydrogen-bond donors (Lipinski definition) is 3. The van der Waals surface area contributed by atoms with E-state index < -0.39 is 0 Å². The van der Waals surface area contributed by atoms with Gasteiger partial charge in [0.05, 0.1) is 0 Å². The predicted molar refractivity (Wildman–Crippen MR) is 141 cm³/mol. The minimum Gasteiger partial charge on any atom is -0.489 e. The van der Waals surface area contributed by atoms with Crippen molar-refractivity contribution < 1.29 is 9.53 Å². The molecule has 0 atom stereocenters. The monoisotopic (exact) mass is 549 g/mol. The summed E-state index contributed by atoms with van der Waals surface area (Å²) in [5.41, 5.74) is 2.89. The van der Waals surface area contributed by atoms with E-state index in [2.05, 4.69) is 27.5 Å². The van der Waals surface area contributed by atoms with Crippen LogP contribution in [-0.4, -0.2) is 43.6 Å². The molecule has 0 unspecified atom stereocenters. The molecule has 1 heterocycles. The van der Waals surface area contributed by atoms with Gasteiger partial charge in [0.2, 0.25) is 0 Å². The van der Waals surface area contributed by atoms with E-state index in [-0.39, 0.29) is 30.0 Å². The fraction of sp³-hybridized carbons (Fsp3) is 0.333. The van der Waals surface area contributed by atoms with Crippen molar-refractivity contribution in [3.05, 3.63) is 72.3 Å². The topological polar surface area (TPSA) is 78.0 Å². The lowest BCUT2D eigenvalue weighted by molar-refractivity contribution is 0.222. The van der Waals surface area contributed by atoms with Gasteiger partial charge in [-0.25, -0.2) is 4.79 Å². The molecule has 3 rings (SSSR count). The van der Waals surface area contributed by atoms with Crippen molar-refractivity contribution in [2.24, 2.45) is 4.99 Å². The molecule has 3 N–H and O–H groups in total. The van der Waals surface area contributed by atoms with Crippen LogP contribution in [0.15, 0.2) is 66.2 Å². The Morgan fingerprint density at radius 3 is 2.62 bits per heavy atom. The molecular formula is C24H32IN5O2. The first-order valence-electron chi connectivity index (χ1n) is 10.6. The highest BCUT2D eigenvalue weighted by atomic mass is 127. The summed E-state index contributed by atoms with van der Waals surface area (Å²) in [6, 6.07) is 15.7. The number of carbonyl (C=O) groups is 1. The average molecular weight is 549 g/mol. The van der Waals surface area contributed by atoms with Gasteiger partial charge in [0.1, 0.15) is 12.4 Å². The molecule has 32 heavy (non-hydrogen) atoms. The highest BCUT2D eigenvalue weighted by molar-refractivity contribution is 14.0. The summed E-state index contributed by atoms with van der Waals surface area (Å²) >= 11 is 0. The van der Waals surface area contributed by atoms with Crippen LogP contribution in [0.2, 0.25) is 0 Å². The van der Waals surface area contributed by atoms with Crippen LogP contribution in [0.4, 0.5) is 10.5 Å². The van der Waals surface area contributed by atoms with E-state index in [9.17, 15) is 4.79 Å². The zero-order valence-electron chi connectivity index (χ0n) is 18.5. The van der Waals surface area contributed by atoms with E-state index in [4.69, 9.17) is 4.74 Å². The summed E-state index contributed by atoms with van der Waals surface area (Å²) in [6.07, 6.45) is 3.88. The summed E-state index contributed by atoms with van der Waals surface area (Å²) in [5, 5.41) is 9.61. The van der Waals surface area contributed by atoms with E-state index in [0.29, 0.717) is 25.7 Å². The molecular weight excluding hydrogens is 517 g/mol. The van der Waals surface area contributed by atoms with Crippen LogP contribution < -0.4 is 20.7 Å². The Kier molecular flexibility index (Phi) is 10.9. The summed E-state index contributed by atoms with van der Waals surface area (Å²) in [4.78, 5) is 18.5. The van der Waals surface area contributed by atoms with Crippen LogP contribution in [0.5, 0.6) is 5.75 Å². The largest absolute Gasteiger partial charge is 0.489 e. The number of urea groups is 1. The van der Waals surface area contributed by atoms with Crippen LogP contribution in [0, 0.1) is 0 Å². The molecule has 1 saturated heterocycles. The molecule has 1 fully saturated rings. The third kappa shape index (κ3) is 7.74. The molecule has 172 valence electrons. The second-order valence-electron chi connectivity index (χ2n) is 7.31. The number of carbonyl (C=O) groups excluding carboxylic acids is 1. The standard InChI is InChI=1S/C24H31N5O2.HI/c1-3-15-31-22-12-5-4-10-20(22)18-27-23(25-2)26-17-19-9-8-11-21(16-19)28-24(30)29-13-6-7-14-29;/h3-5,8-12,16H,1,6-7,13-15,17-18H2,2H3,(H,28,30)(H2,25,26,27);1H. The van der Waals surface area contributed by atoms with Gasteiger partial charge in [0.25, 0.3) is 0 Å². The van der Waals surface area contributed by atoms with Gasteiger partial charge in [-0.05, 0) is 36.6 Å². The molecule has 2 amide bonds. The van der Waals surface area contributed by atoms with Crippen LogP contribution in [0.25, 0.3) is 0 Å². The Morgan fingerprint density at radius 1 is 1.12 bits per heavy atom. The lowest BCUT2D eigenvalue weighted by Crippen LogP contribution is -2.36. The number of halogens is 1. The minimum atomic E-state index is -0.0302. The number of guanidine groups is 1. The van der Waals surface area contributed by atoms with Gasteiger partial charge >= 0.3 is 6.03 Å². The normalized spacial score (nSPS) is 13.2. The molecule has 0 saturated carbocycles. The smallest absolute Gasteiger partial charge is 0.321 e. The maximum atomic E-state index is 12.3. The van der Waals surface area contributed by atoms with E-state index in [1.807, 2.05) is 53.4 Å². The van der Waals surface area contributed by atoms with E-state index in [0.717, 1.165) is 48.5 Å². The lowest BCUT2D eigenvalue weighted by atomic mass is 10.2. The number of anilines is 1. The van der Waals surface area contributed by atoms with Gasteiger partial charge in [0, 0.05) is 44.5 Å². The highest BCUT2D eigenvalue weighted by Gasteiger charge is 2.17. The van der Waals surface area contributed by atoms with Crippen molar-refractivity contribution in [1.29, 1.82) is 0 Å². The number of nitrogens with zero attached hydrogens (tertiary/aromatic N) is 2.